The van der Waals surface area contributed by atoms with Crippen LogP contribution in [0.3, 0.4) is 0 Å². The van der Waals surface area contributed by atoms with Crippen LogP contribution in [0.25, 0.3) is 16.7 Å². The van der Waals surface area contributed by atoms with Crippen molar-refractivity contribution in [3.63, 3.8) is 0 Å². The number of nitrogens with one attached hydrogen (secondary N) is 3. The van der Waals surface area contributed by atoms with Gasteiger partial charge in [0, 0.05) is 23.7 Å². The van der Waals surface area contributed by atoms with Crippen LogP contribution in [0.1, 0.15) is 40.4 Å². The number of benzene rings is 1. The van der Waals surface area contributed by atoms with Crippen molar-refractivity contribution in [1.82, 2.24) is 30.3 Å². The summed E-state index contributed by atoms with van der Waals surface area (Å²) in [4.78, 5) is 30.6. The standard InChI is InChI=1S/C22H18BrClF3N7O3/c1-9(2)29-21(36)15-16-10(18(23)32-31-16)7-13(37-3)17(15)30-20(35)12-8-14(22(25,26)27)33-34(12)19-11(24)5-4-6-28-19/h4-9H,1-3H3,(H,29,36)(H,30,35)(H,31,32). The molecular formula is C22H18BrClF3N7O3. The fourth-order valence-electron chi connectivity index (χ4n) is 3.49. The summed E-state index contributed by atoms with van der Waals surface area (Å²) in [6.45, 7) is 3.48. The van der Waals surface area contributed by atoms with E-state index in [0.717, 1.165) is 0 Å². The zero-order valence-electron chi connectivity index (χ0n) is 19.4. The summed E-state index contributed by atoms with van der Waals surface area (Å²) in [5, 5.41) is 16.0. The fourth-order valence-corrected chi connectivity index (χ4v) is 4.08. The van der Waals surface area contributed by atoms with Crippen molar-refractivity contribution in [1.29, 1.82) is 0 Å². The first-order valence-corrected chi connectivity index (χ1v) is 11.7. The lowest BCUT2D eigenvalue weighted by Crippen LogP contribution is -2.31. The van der Waals surface area contributed by atoms with Crippen molar-refractivity contribution in [2.45, 2.75) is 26.1 Å². The van der Waals surface area contributed by atoms with E-state index in [4.69, 9.17) is 16.3 Å². The van der Waals surface area contributed by atoms with Crippen LogP contribution in [0.2, 0.25) is 5.02 Å². The molecule has 0 spiro atoms. The normalized spacial score (nSPS) is 11.7. The predicted molar refractivity (Wildman–Crippen MR) is 132 cm³/mol. The predicted octanol–water partition coefficient (Wildman–Crippen LogP) is 4.98. The number of hydrogen-bond acceptors (Lipinski definition) is 6. The number of aromatic nitrogens is 5. The van der Waals surface area contributed by atoms with Crippen molar-refractivity contribution in [2.24, 2.45) is 0 Å². The molecule has 4 rings (SSSR count). The maximum Gasteiger partial charge on any atom is 0.435 e. The lowest BCUT2D eigenvalue weighted by molar-refractivity contribution is -0.141. The third kappa shape index (κ3) is 5.11. The van der Waals surface area contributed by atoms with Gasteiger partial charge in [-0.1, -0.05) is 11.6 Å². The molecule has 10 nitrogen and oxygen atoms in total. The van der Waals surface area contributed by atoms with Crippen LogP contribution >= 0.6 is 27.5 Å². The summed E-state index contributed by atoms with van der Waals surface area (Å²) >= 11 is 9.43. The van der Waals surface area contributed by atoms with Crippen LogP contribution in [-0.2, 0) is 6.18 Å². The van der Waals surface area contributed by atoms with E-state index in [1.54, 1.807) is 13.8 Å². The van der Waals surface area contributed by atoms with E-state index in [0.29, 0.717) is 20.7 Å². The Kier molecular flexibility index (Phi) is 7.15. The van der Waals surface area contributed by atoms with Gasteiger partial charge in [0.2, 0.25) is 0 Å². The molecule has 194 valence electrons. The van der Waals surface area contributed by atoms with Gasteiger partial charge >= 0.3 is 6.18 Å². The summed E-state index contributed by atoms with van der Waals surface area (Å²) in [6.07, 6.45) is -3.57. The number of nitrogens with zero attached hydrogens (tertiary/aromatic N) is 4. The number of carbonyl (C=O) groups excluding carboxylic acids is 2. The maximum absolute atomic E-state index is 13.5. The van der Waals surface area contributed by atoms with Gasteiger partial charge in [-0.15, -0.1) is 0 Å². The molecule has 3 aromatic heterocycles. The van der Waals surface area contributed by atoms with Gasteiger partial charge in [0.1, 0.15) is 21.6 Å². The van der Waals surface area contributed by atoms with E-state index in [1.165, 1.54) is 31.5 Å². The van der Waals surface area contributed by atoms with Crippen molar-refractivity contribution in [3.8, 4) is 11.6 Å². The molecule has 4 aromatic rings. The van der Waals surface area contributed by atoms with Gasteiger partial charge in [0.25, 0.3) is 11.8 Å². The minimum atomic E-state index is -4.86. The minimum absolute atomic E-state index is 0.0363. The van der Waals surface area contributed by atoms with Gasteiger partial charge in [-0.05, 0) is 48.0 Å². The Hall–Kier alpha value is -3.65. The van der Waals surface area contributed by atoms with Gasteiger partial charge in [0.15, 0.2) is 11.5 Å². The second-order valence-electron chi connectivity index (χ2n) is 7.98. The zero-order valence-corrected chi connectivity index (χ0v) is 21.7. The number of pyridine rings is 1. The molecule has 1 aromatic carbocycles. The molecule has 0 atom stereocenters. The lowest BCUT2D eigenvalue weighted by Gasteiger charge is -2.17. The number of alkyl halides is 3. The van der Waals surface area contributed by atoms with E-state index in [9.17, 15) is 22.8 Å². The molecule has 0 bridgehead atoms. The van der Waals surface area contributed by atoms with E-state index in [2.05, 4.69) is 46.8 Å². The molecule has 0 aliphatic carbocycles. The first-order valence-electron chi connectivity index (χ1n) is 10.6. The van der Waals surface area contributed by atoms with Crippen LogP contribution in [0.5, 0.6) is 5.75 Å². The monoisotopic (exact) mass is 599 g/mol. The number of halogens is 5. The summed E-state index contributed by atoms with van der Waals surface area (Å²) in [7, 11) is 1.31. The van der Waals surface area contributed by atoms with Crippen LogP contribution < -0.4 is 15.4 Å². The molecule has 37 heavy (non-hydrogen) atoms. The highest BCUT2D eigenvalue weighted by Crippen LogP contribution is 2.38. The number of rotatable bonds is 6. The largest absolute Gasteiger partial charge is 0.495 e. The third-order valence-electron chi connectivity index (χ3n) is 5.04. The van der Waals surface area contributed by atoms with Gasteiger partial charge in [-0.3, -0.25) is 14.7 Å². The molecule has 0 aliphatic heterocycles. The molecule has 2 amide bonds. The van der Waals surface area contributed by atoms with Crippen molar-refractivity contribution >= 4 is 55.9 Å². The molecule has 0 saturated heterocycles. The summed E-state index contributed by atoms with van der Waals surface area (Å²) in [5.74, 6) is -1.75. The molecule has 0 unspecified atom stereocenters. The third-order valence-corrected chi connectivity index (χ3v) is 5.94. The second kappa shape index (κ2) is 10.0. The average Bonchev–Trinajstić information content (AvgIpc) is 3.42. The van der Waals surface area contributed by atoms with Crippen LogP contribution in [0.15, 0.2) is 35.1 Å². The Balaban J connectivity index is 1.89. The Bertz CT molecular complexity index is 1520. The van der Waals surface area contributed by atoms with Crippen LogP contribution in [-0.4, -0.2) is 49.9 Å². The Morgan fingerprint density at radius 2 is 1.97 bits per heavy atom. The number of carbonyl (C=O) groups is 2. The first-order chi connectivity index (χ1) is 17.4. The minimum Gasteiger partial charge on any atom is -0.495 e. The summed E-state index contributed by atoms with van der Waals surface area (Å²) in [6, 6.07) is 4.66. The second-order valence-corrected chi connectivity index (χ2v) is 9.18. The topological polar surface area (TPSA) is 127 Å². The van der Waals surface area contributed by atoms with Gasteiger partial charge < -0.3 is 15.4 Å². The lowest BCUT2D eigenvalue weighted by atomic mass is 10.1. The van der Waals surface area contributed by atoms with Crippen LogP contribution in [0, 0.1) is 0 Å². The van der Waals surface area contributed by atoms with Crippen molar-refractivity contribution in [3.05, 3.63) is 57.0 Å². The number of aromatic amines is 1. The van der Waals surface area contributed by atoms with Gasteiger partial charge in [-0.25, -0.2) is 9.67 Å². The molecular weight excluding hydrogens is 583 g/mol. The quantitative estimate of drug-likeness (QED) is 0.287. The van der Waals surface area contributed by atoms with Crippen molar-refractivity contribution < 1.29 is 27.5 Å². The zero-order chi connectivity index (χ0) is 27.1. The first kappa shape index (κ1) is 26.4. The van der Waals surface area contributed by atoms with E-state index in [1.807, 2.05) is 0 Å². The number of fused-ring (bicyclic) bond motifs is 1. The molecule has 0 aliphatic rings. The summed E-state index contributed by atoms with van der Waals surface area (Å²) < 4.78 is 47.1. The highest BCUT2D eigenvalue weighted by atomic mass is 79.9. The molecule has 3 N–H and O–H groups in total. The fraction of sp³-hybridized carbons (Fsp3) is 0.227. The van der Waals surface area contributed by atoms with Crippen molar-refractivity contribution in [2.75, 3.05) is 12.4 Å². The number of amides is 2. The number of ether oxygens (including phenoxy) is 1. The van der Waals surface area contributed by atoms with E-state index in [-0.39, 0.29) is 39.4 Å². The highest BCUT2D eigenvalue weighted by Gasteiger charge is 2.37. The molecule has 0 saturated carbocycles. The van der Waals surface area contributed by atoms with E-state index < -0.39 is 29.4 Å². The number of H-pyrrole nitrogens is 1. The molecule has 0 fully saturated rings. The highest BCUT2D eigenvalue weighted by molar-refractivity contribution is 9.10. The van der Waals surface area contributed by atoms with Gasteiger partial charge in [0.05, 0.1) is 23.4 Å². The number of hydrogen-bond donors (Lipinski definition) is 3. The molecule has 0 radical (unpaired) electrons. The smallest absolute Gasteiger partial charge is 0.435 e. The summed E-state index contributed by atoms with van der Waals surface area (Å²) in [5.41, 5.74) is -1.84. The number of methoxy groups -OCH3 is 1. The molecule has 3 heterocycles. The van der Waals surface area contributed by atoms with Crippen LogP contribution in [0.4, 0.5) is 18.9 Å². The van der Waals surface area contributed by atoms with Gasteiger partial charge in [-0.2, -0.15) is 23.4 Å². The SMILES string of the molecule is COc1cc2c(Br)[nH]nc2c(C(=O)NC(C)C)c1NC(=O)c1cc(C(F)(F)F)nn1-c1ncccc1Cl. The Morgan fingerprint density at radius 1 is 1.24 bits per heavy atom. The Labute approximate surface area is 220 Å². The molecule has 15 heteroatoms. The average molecular weight is 601 g/mol. The Morgan fingerprint density at radius 3 is 2.59 bits per heavy atom. The number of anilines is 1. The maximum atomic E-state index is 13.5. The van der Waals surface area contributed by atoms with E-state index >= 15 is 0 Å².